The largest absolute Gasteiger partial charge is 0.352 e. The molecule has 0 atom stereocenters. The summed E-state index contributed by atoms with van der Waals surface area (Å²) in [5.74, 6) is 0.349. The highest BCUT2D eigenvalue weighted by molar-refractivity contribution is 7.90. The Labute approximate surface area is 156 Å². The zero-order valence-corrected chi connectivity index (χ0v) is 15.4. The molecule has 2 aliphatic heterocycles. The molecule has 0 aromatic heterocycles. The Balaban J connectivity index is 1.52. The van der Waals surface area contributed by atoms with Crippen molar-refractivity contribution in [1.82, 2.24) is 9.80 Å². The van der Waals surface area contributed by atoms with E-state index < -0.39 is 10.0 Å². The van der Waals surface area contributed by atoms with Crippen molar-refractivity contribution < 1.29 is 13.2 Å². The van der Waals surface area contributed by atoms with E-state index in [1.807, 2.05) is 4.90 Å². The smallest absolute Gasteiger partial charge is 0.285 e. The second-order valence-electron chi connectivity index (χ2n) is 6.15. The molecular weight excluding hydrogens is 374 g/mol. The molecular formula is C18H16ClN3O3S. The number of halogens is 1. The topological polar surface area (TPSA) is 70.1 Å². The van der Waals surface area contributed by atoms with Gasteiger partial charge in [-0.15, -0.1) is 4.40 Å². The number of amides is 1. The van der Waals surface area contributed by atoms with E-state index in [-0.39, 0.29) is 10.8 Å². The number of nitrogens with zero attached hydrogens (tertiary/aromatic N) is 3. The Hall–Kier alpha value is -2.38. The third-order valence-corrected chi connectivity index (χ3v) is 6.24. The summed E-state index contributed by atoms with van der Waals surface area (Å²) in [4.78, 5) is 16.5. The van der Waals surface area contributed by atoms with Crippen LogP contribution in [0.5, 0.6) is 0 Å². The number of amidine groups is 1. The zero-order valence-electron chi connectivity index (χ0n) is 13.8. The predicted molar refractivity (Wildman–Crippen MR) is 99.1 cm³/mol. The number of sulfonamides is 1. The third kappa shape index (κ3) is 2.87. The van der Waals surface area contributed by atoms with E-state index in [1.54, 1.807) is 53.4 Å². The van der Waals surface area contributed by atoms with Crippen LogP contribution in [0.15, 0.2) is 57.8 Å². The summed E-state index contributed by atoms with van der Waals surface area (Å²) < 4.78 is 28.4. The molecule has 0 unspecified atom stereocenters. The molecule has 26 heavy (non-hydrogen) atoms. The highest BCUT2D eigenvalue weighted by Gasteiger charge is 2.33. The van der Waals surface area contributed by atoms with Crippen LogP contribution in [0.2, 0.25) is 5.02 Å². The van der Waals surface area contributed by atoms with Gasteiger partial charge >= 0.3 is 0 Å². The molecule has 0 N–H and O–H groups in total. The van der Waals surface area contributed by atoms with Gasteiger partial charge in [-0.1, -0.05) is 35.9 Å². The lowest BCUT2D eigenvalue weighted by molar-refractivity contribution is 0.0692. The van der Waals surface area contributed by atoms with Crippen molar-refractivity contribution in [2.45, 2.75) is 4.90 Å². The molecule has 1 amide bonds. The van der Waals surface area contributed by atoms with E-state index >= 15 is 0 Å². The van der Waals surface area contributed by atoms with Crippen LogP contribution in [-0.4, -0.2) is 56.1 Å². The van der Waals surface area contributed by atoms with Crippen LogP contribution in [0, 0.1) is 0 Å². The molecule has 6 nitrogen and oxygen atoms in total. The second kappa shape index (κ2) is 6.41. The molecule has 0 radical (unpaired) electrons. The highest BCUT2D eigenvalue weighted by Crippen LogP contribution is 2.28. The van der Waals surface area contributed by atoms with Gasteiger partial charge in [0.15, 0.2) is 5.84 Å². The quantitative estimate of drug-likeness (QED) is 0.750. The maximum absolute atomic E-state index is 12.6. The van der Waals surface area contributed by atoms with Crippen LogP contribution in [0.4, 0.5) is 0 Å². The molecule has 134 valence electrons. The van der Waals surface area contributed by atoms with E-state index in [1.165, 1.54) is 0 Å². The summed E-state index contributed by atoms with van der Waals surface area (Å²) in [6.07, 6.45) is 0. The van der Waals surface area contributed by atoms with Crippen molar-refractivity contribution in [3.05, 3.63) is 64.7 Å². The summed E-state index contributed by atoms with van der Waals surface area (Å²) >= 11 is 6.11. The molecule has 1 saturated heterocycles. The van der Waals surface area contributed by atoms with Crippen LogP contribution >= 0.6 is 11.6 Å². The second-order valence-corrected chi connectivity index (χ2v) is 8.12. The molecule has 2 heterocycles. The van der Waals surface area contributed by atoms with E-state index in [9.17, 15) is 13.2 Å². The minimum Gasteiger partial charge on any atom is -0.352 e. The Kier molecular flexibility index (Phi) is 4.20. The fourth-order valence-corrected chi connectivity index (χ4v) is 4.69. The fourth-order valence-electron chi connectivity index (χ4n) is 3.24. The standard InChI is InChI=1S/C18H16ClN3O3S/c19-15-7-3-1-5-13(15)18(23)22-11-9-21(10-12-22)17-14-6-2-4-8-16(14)26(24,25)20-17/h1-8H,9-12H2. The van der Waals surface area contributed by atoms with Crippen molar-refractivity contribution in [2.75, 3.05) is 26.2 Å². The maximum atomic E-state index is 12.6. The van der Waals surface area contributed by atoms with Gasteiger partial charge in [-0.3, -0.25) is 4.79 Å². The molecule has 8 heteroatoms. The van der Waals surface area contributed by atoms with Crippen LogP contribution in [0.3, 0.4) is 0 Å². The van der Waals surface area contributed by atoms with Gasteiger partial charge in [0.2, 0.25) is 0 Å². The van der Waals surface area contributed by atoms with Gasteiger partial charge in [0.05, 0.1) is 10.6 Å². The van der Waals surface area contributed by atoms with E-state index in [0.29, 0.717) is 48.2 Å². The number of carbonyl (C=O) groups is 1. The Morgan fingerprint density at radius 1 is 0.962 bits per heavy atom. The van der Waals surface area contributed by atoms with Gasteiger partial charge in [-0.05, 0) is 24.3 Å². The molecule has 2 aliphatic rings. The van der Waals surface area contributed by atoms with E-state index in [0.717, 1.165) is 0 Å². The zero-order chi connectivity index (χ0) is 18.3. The minimum absolute atomic E-state index is 0.114. The van der Waals surface area contributed by atoms with Crippen LogP contribution < -0.4 is 0 Å². The molecule has 2 aromatic rings. The number of carbonyl (C=O) groups excluding carboxylic acids is 1. The molecule has 0 saturated carbocycles. The number of benzene rings is 2. The molecule has 2 aromatic carbocycles. The first-order chi connectivity index (χ1) is 12.5. The lowest BCUT2D eigenvalue weighted by atomic mass is 10.1. The first-order valence-corrected chi connectivity index (χ1v) is 10.0. The lowest BCUT2D eigenvalue weighted by Crippen LogP contribution is -2.50. The van der Waals surface area contributed by atoms with Gasteiger partial charge in [-0.25, -0.2) is 0 Å². The molecule has 0 bridgehead atoms. The van der Waals surface area contributed by atoms with Gasteiger partial charge in [0.25, 0.3) is 15.9 Å². The summed E-state index contributed by atoms with van der Waals surface area (Å²) in [5, 5.41) is 0.431. The first-order valence-electron chi connectivity index (χ1n) is 8.20. The van der Waals surface area contributed by atoms with Gasteiger partial charge in [-0.2, -0.15) is 8.42 Å². The SMILES string of the molecule is O=C(c1ccccc1Cl)N1CCN(C2=NS(=O)(=O)c3ccccc32)CC1. The number of hydrogen-bond donors (Lipinski definition) is 0. The summed E-state index contributed by atoms with van der Waals surface area (Å²) in [5.41, 5.74) is 1.10. The summed E-state index contributed by atoms with van der Waals surface area (Å²) in [7, 11) is -3.63. The Morgan fingerprint density at radius 2 is 1.62 bits per heavy atom. The maximum Gasteiger partial charge on any atom is 0.285 e. The number of fused-ring (bicyclic) bond motifs is 1. The van der Waals surface area contributed by atoms with Gasteiger partial charge in [0.1, 0.15) is 4.90 Å². The normalized spacial score (nSPS) is 18.4. The molecule has 0 spiro atoms. The van der Waals surface area contributed by atoms with E-state index in [2.05, 4.69) is 4.40 Å². The minimum atomic E-state index is -3.63. The number of hydrogen-bond acceptors (Lipinski definition) is 4. The highest BCUT2D eigenvalue weighted by atomic mass is 35.5. The summed E-state index contributed by atoms with van der Waals surface area (Å²) in [6.45, 7) is 1.98. The van der Waals surface area contributed by atoms with Gasteiger partial charge < -0.3 is 9.80 Å². The summed E-state index contributed by atoms with van der Waals surface area (Å²) in [6, 6.07) is 13.8. The number of piperazine rings is 1. The van der Waals surface area contributed by atoms with E-state index in [4.69, 9.17) is 11.6 Å². The van der Waals surface area contributed by atoms with Crippen LogP contribution in [0.25, 0.3) is 0 Å². The Morgan fingerprint density at radius 3 is 2.35 bits per heavy atom. The predicted octanol–water partition coefficient (Wildman–Crippen LogP) is 2.25. The van der Waals surface area contributed by atoms with Crippen molar-refractivity contribution in [2.24, 2.45) is 4.40 Å². The monoisotopic (exact) mass is 389 g/mol. The number of rotatable bonds is 1. The average molecular weight is 390 g/mol. The van der Waals surface area contributed by atoms with Crippen molar-refractivity contribution >= 4 is 33.4 Å². The van der Waals surface area contributed by atoms with Crippen molar-refractivity contribution in [3.8, 4) is 0 Å². The lowest BCUT2D eigenvalue weighted by Gasteiger charge is -2.36. The molecule has 1 fully saturated rings. The van der Waals surface area contributed by atoms with Gasteiger partial charge in [0, 0.05) is 31.7 Å². The Bertz CT molecular complexity index is 1010. The molecule has 0 aliphatic carbocycles. The van der Waals surface area contributed by atoms with Crippen molar-refractivity contribution in [3.63, 3.8) is 0 Å². The third-order valence-electron chi connectivity index (χ3n) is 4.58. The van der Waals surface area contributed by atoms with Crippen LogP contribution in [0.1, 0.15) is 15.9 Å². The first kappa shape index (κ1) is 17.1. The fraction of sp³-hybridized carbons (Fsp3) is 0.222. The van der Waals surface area contributed by atoms with Crippen molar-refractivity contribution in [1.29, 1.82) is 0 Å². The van der Waals surface area contributed by atoms with Crippen LogP contribution in [-0.2, 0) is 10.0 Å². The molecule has 4 rings (SSSR count). The average Bonchev–Trinajstić information content (AvgIpc) is 2.93.